The molecule has 3 heterocycles. The average molecular weight is 375 g/mol. The van der Waals surface area contributed by atoms with E-state index >= 15 is 0 Å². The number of carbonyl (C=O) groups is 1. The molecule has 0 aliphatic carbocycles. The summed E-state index contributed by atoms with van der Waals surface area (Å²) in [6.07, 6.45) is 1.81. The van der Waals surface area contributed by atoms with E-state index in [-0.39, 0.29) is 18.7 Å². The van der Waals surface area contributed by atoms with Gasteiger partial charge in [0.05, 0.1) is 24.9 Å². The molecule has 4 rings (SSSR count). The lowest BCUT2D eigenvalue weighted by Gasteiger charge is -2.31. The highest BCUT2D eigenvalue weighted by molar-refractivity contribution is 5.69. The van der Waals surface area contributed by atoms with Gasteiger partial charge in [-0.2, -0.15) is 0 Å². The van der Waals surface area contributed by atoms with Gasteiger partial charge in [0.25, 0.3) is 0 Å². The van der Waals surface area contributed by atoms with E-state index < -0.39 is 30.4 Å². The van der Waals surface area contributed by atoms with Gasteiger partial charge < -0.3 is 19.4 Å². The maximum absolute atomic E-state index is 13.6. The first-order valence-corrected chi connectivity index (χ1v) is 8.23. The molecule has 1 aliphatic rings. The molecule has 1 aliphatic heterocycles. The Kier molecular flexibility index (Phi) is 4.63. The van der Waals surface area contributed by atoms with Crippen LogP contribution in [0.1, 0.15) is 17.5 Å². The first-order valence-electron chi connectivity index (χ1n) is 8.23. The molecule has 10 heteroatoms. The van der Waals surface area contributed by atoms with Gasteiger partial charge in [-0.3, -0.25) is 0 Å². The van der Waals surface area contributed by atoms with Gasteiger partial charge in [-0.05, 0) is 12.1 Å². The third kappa shape index (κ3) is 3.56. The number of fused-ring (bicyclic) bond motifs is 1. The number of carbonyl (C=O) groups excluding carboxylic acids is 1. The molecule has 1 aromatic carbocycles. The predicted molar refractivity (Wildman–Crippen MR) is 88.5 cm³/mol. The van der Waals surface area contributed by atoms with Crippen LogP contribution in [0.25, 0.3) is 11.2 Å². The van der Waals surface area contributed by atoms with E-state index in [9.17, 15) is 13.6 Å². The number of nitrogens with one attached hydrogen (secondary N) is 1. The Morgan fingerprint density at radius 1 is 1.37 bits per heavy atom. The van der Waals surface area contributed by atoms with Crippen LogP contribution in [0, 0.1) is 11.6 Å². The number of nitrogens with zero attached hydrogens (tertiary/aromatic N) is 4. The fourth-order valence-electron chi connectivity index (χ4n) is 2.81. The second kappa shape index (κ2) is 7.23. The normalized spacial score (nSPS) is 17.3. The van der Waals surface area contributed by atoms with Crippen molar-refractivity contribution in [1.29, 1.82) is 0 Å². The Bertz CT molecular complexity index is 927. The first-order chi connectivity index (χ1) is 13.1. The van der Waals surface area contributed by atoms with Gasteiger partial charge in [-0.15, -0.1) is 0 Å². The first kappa shape index (κ1) is 17.3. The van der Waals surface area contributed by atoms with Crippen molar-refractivity contribution >= 4 is 17.3 Å². The molecule has 8 nitrogen and oxygen atoms in total. The van der Waals surface area contributed by atoms with Crippen LogP contribution >= 0.6 is 0 Å². The number of imidazole rings is 1. The minimum Gasteiger partial charge on any atom is -0.444 e. The highest BCUT2D eigenvalue weighted by Gasteiger charge is 2.29. The molecule has 0 saturated carbocycles. The smallest absolute Gasteiger partial charge is 0.410 e. The van der Waals surface area contributed by atoms with E-state index in [2.05, 4.69) is 19.9 Å². The Balaban J connectivity index is 1.42. The van der Waals surface area contributed by atoms with Crippen LogP contribution in [0.4, 0.5) is 13.6 Å². The SMILES string of the molecule is O=C(OCc1c(F)cccc1F)N1CCO[C@H](c2nc3ncncc3[nH]2)C1. The number of aromatic nitrogens is 4. The Labute approximate surface area is 152 Å². The molecule has 3 aromatic rings. The number of ether oxygens (including phenoxy) is 2. The second-order valence-electron chi connectivity index (χ2n) is 5.94. The lowest BCUT2D eigenvalue weighted by Crippen LogP contribution is -2.42. The van der Waals surface area contributed by atoms with Gasteiger partial charge in [0, 0.05) is 6.54 Å². The third-order valence-electron chi connectivity index (χ3n) is 4.21. The van der Waals surface area contributed by atoms with Gasteiger partial charge in [0.1, 0.15) is 42.0 Å². The van der Waals surface area contributed by atoms with Crippen LogP contribution < -0.4 is 0 Å². The van der Waals surface area contributed by atoms with Crippen molar-refractivity contribution in [2.75, 3.05) is 19.7 Å². The summed E-state index contributed by atoms with van der Waals surface area (Å²) < 4.78 is 38.0. The lowest BCUT2D eigenvalue weighted by molar-refractivity contribution is -0.0331. The zero-order chi connectivity index (χ0) is 18.8. The summed E-state index contributed by atoms with van der Waals surface area (Å²) in [6, 6.07) is 3.48. The number of halogens is 2. The fourth-order valence-corrected chi connectivity index (χ4v) is 2.81. The fraction of sp³-hybridized carbons (Fsp3) is 0.294. The summed E-state index contributed by atoms with van der Waals surface area (Å²) in [5.74, 6) is -1.000. The molecule has 1 N–H and O–H groups in total. The van der Waals surface area contributed by atoms with Gasteiger partial charge in [-0.1, -0.05) is 6.07 Å². The molecule has 1 amide bonds. The average Bonchev–Trinajstić information content (AvgIpc) is 3.12. The Morgan fingerprint density at radius 2 is 2.19 bits per heavy atom. The van der Waals surface area contributed by atoms with Crippen molar-refractivity contribution in [3.05, 3.63) is 53.7 Å². The summed E-state index contributed by atoms with van der Waals surface area (Å²) in [4.78, 5) is 29.1. The van der Waals surface area contributed by atoms with Gasteiger partial charge in [-0.25, -0.2) is 28.5 Å². The summed E-state index contributed by atoms with van der Waals surface area (Å²) >= 11 is 0. The predicted octanol–water partition coefficient (Wildman–Crippen LogP) is 2.34. The van der Waals surface area contributed by atoms with Gasteiger partial charge >= 0.3 is 6.09 Å². The summed E-state index contributed by atoms with van der Waals surface area (Å²) in [5.41, 5.74) is 0.871. The van der Waals surface area contributed by atoms with Crippen molar-refractivity contribution in [1.82, 2.24) is 24.8 Å². The number of H-pyrrole nitrogens is 1. The minimum absolute atomic E-state index is 0.186. The molecular weight excluding hydrogens is 360 g/mol. The van der Waals surface area contributed by atoms with Crippen molar-refractivity contribution in [3.63, 3.8) is 0 Å². The number of hydrogen-bond acceptors (Lipinski definition) is 6. The molecule has 2 aromatic heterocycles. The molecule has 1 saturated heterocycles. The van der Waals surface area contributed by atoms with E-state index in [1.54, 1.807) is 6.20 Å². The highest BCUT2D eigenvalue weighted by Crippen LogP contribution is 2.22. The maximum atomic E-state index is 13.6. The van der Waals surface area contributed by atoms with E-state index in [1.807, 2.05) is 0 Å². The van der Waals surface area contributed by atoms with Crippen molar-refractivity contribution in [2.24, 2.45) is 0 Å². The lowest BCUT2D eigenvalue weighted by atomic mass is 10.2. The van der Waals surface area contributed by atoms with Crippen LogP contribution in [0.3, 0.4) is 0 Å². The number of hydrogen-bond donors (Lipinski definition) is 1. The Hall–Kier alpha value is -3.14. The van der Waals surface area contributed by atoms with Crippen LogP contribution in [-0.2, 0) is 16.1 Å². The number of morpholine rings is 1. The standard InChI is InChI=1S/C17H15F2N5O3/c18-11-2-1-3-12(19)10(11)8-27-17(25)24-4-5-26-14(7-24)16-22-13-6-20-9-21-15(13)23-16/h1-3,6,9,14H,4-5,7-8H2,(H,20,21,22,23)/t14-/m0/s1. The molecule has 1 atom stereocenters. The molecule has 0 bridgehead atoms. The number of aromatic amines is 1. The van der Waals surface area contributed by atoms with E-state index in [1.165, 1.54) is 17.3 Å². The van der Waals surface area contributed by atoms with Crippen molar-refractivity contribution < 1.29 is 23.0 Å². The van der Waals surface area contributed by atoms with Crippen LogP contribution in [0.5, 0.6) is 0 Å². The number of rotatable bonds is 3. The number of benzene rings is 1. The minimum atomic E-state index is -0.758. The van der Waals surface area contributed by atoms with Crippen LogP contribution in [0.15, 0.2) is 30.7 Å². The summed E-state index contributed by atoms with van der Waals surface area (Å²) in [6.45, 7) is 0.275. The molecule has 0 unspecified atom stereocenters. The molecule has 0 spiro atoms. The monoisotopic (exact) mass is 375 g/mol. The zero-order valence-electron chi connectivity index (χ0n) is 14.1. The third-order valence-corrected chi connectivity index (χ3v) is 4.21. The quantitative estimate of drug-likeness (QED) is 0.755. The van der Waals surface area contributed by atoms with E-state index in [4.69, 9.17) is 9.47 Å². The second-order valence-corrected chi connectivity index (χ2v) is 5.94. The van der Waals surface area contributed by atoms with E-state index in [0.717, 1.165) is 12.1 Å². The highest BCUT2D eigenvalue weighted by atomic mass is 19.1. The topological polar surface area (TPSA) is 93.2 Å². The van der Waals surface area contributed by atoms with Crippen molar-refractivity contribution in [3.8, 4) is 0 Å². The molecular formula is C17H15F2N5O3. The largest absolute Gasteiger partial charge is 0.444 e. The zero-order valence-corrected chi connectivity index (χ0v) is 14.1. The molecule has 0 radical (unpaired) electrons. The maximum Gasteiger partial charge on any atom is 0.410 e. The van der Waals surface area contributed by atoms with Gasteiger partial charge in [0.15, 0.2) is 5.65 Å². The molecule has 140 valence electrons. The molecule has 1 fully saturated rings. The summed E-state index contributed by atoms with van der Waals surface area (Å²) in [5, 5.41) is 0. The van der Waals surface area contributed by atoms with Crippen LogP contribution in [0.2, 0.25) is 0 Å². The summed E-state index contributed by atoms with van der Waals surface area (Å²) in [7, 11) is 0. The molecule has 27 heavy (non-hydrogen) atoms. The Morgan fingerprint density at radius 3 is 2.96 bits per heavy atom. The van der Waals surface area contributed by atoms with E-state index in [0.29, 0.717) is 23.5 Å². The van der Waals surface area contributed by atoms with Gasteiger partial charge in [0.2, 0.25) is 0 Å². The van der Waals surface area contributed by atoms with Crippen molar-refractivity contribution in [2.45, 2.75) is 12.7 Å². The van der Waals surface area contributed by atoms with Crippen LogP contribution in [-0.4, -0.2) is 50.6 Å². The number of amides is 1.